The van der Waals surface area contributed by atoms with Gasteiger partial charge < -0.3 is 21.3 Å². The van der Waals surface area contributed by atoms with Crippen LogP contribution >= 0.6 is 11.3 Å². The minimum Gasteiger partial charge on any atom is -0.476 e. The Labute approximate surface area is 202 Å². The fourth-order valence-corrected chi connectivity index (χ4v) is 4.39. The number of thiophene rings is 1. The molecule has 180 valence electrons. The van der Waals surface area contributed by atoms with Crippen LogP contribution in [0.2, 0.25) is 0 Å². The first-order chi connectivity index (χ1) is 16.5. The SMILES string of the molecule is CC(C)(O)c1ccc(-c2cc(C(N)=O)c(Nc3cccc(Cn4cc(C(=O)O)nn4)n3)s2)c(F)c1. The molecule has 0 spiro atoms. The van der Waals surface area contributed by atoms with Gasteiger partial charge >= 0.3 is 5.97 Å². The minimum atomic E-state index is -1.20. The molecule has 1 aromatic carbocycles. The molecule has 4 aromatic rings. The van der Waals surface area contributed by atoms with Gasteiger partial charge in [0.2, 0.25) is 0 Å². The molecule has 3 heterocycles. The van der Waals surface area contributed by atoms with E-state index in [-0.39, 0.29) is 23.4 Å². The van der Waals surface area contributed by atoms with E-state index in [1.165, 1.54) is 23.0 Å². The molecule has 5 N–H and O–H groups in total. The molecule has 0 radical (unpaired) electrons. The van der Waals surface area contributed by atoms with E-state index in [1.54, 1.807) is 44.2 Å². The molecule has 3 aromatic heterocycles. The average molecular weight is 497 g/mol. The number of halogens is 1. The van der Waals surface area contributed by atoms with Crippen molar-refractivity contribution in [1.82, 2.24) is 20.0 Å². The first-order valence-electron chi connectivity index (χ1n) is 10.3. The van der Waals surface area contributed by atoms with Crippen LogP contribution in [0, 0.1) is 5.82 Å². The number of nitrogens with zero attached hydrogens (tertiary/aromatic N) is 4. The number of hydrogen-bond acceptors (Lipinski definition) is 8. The Balaban J connectivity index is 1.61. The van der Waals surface area contributed by atoms with Crippen LogP contribution in [0.5, 0.6) is 0 Å². The molecular weight excluding hydrogens is 475 g/mol. The minimum absolute atomic E-state index is 0.172. The number of primary amides is 1. The summed E-state index contributed by atoms with van der Waals surface area (Å²) in [7, 11) is 0. The van der Waals surface area contributed by atoms with Gasteiger partial charge in [-0.2, -0.15) is 0 Å². The highest BCUT2D eigenvalue weighted by molar-refractivity contribution is 7.19. The number of anilines is 2. The Morgan fingerprint density at radius 1 is 1.23 bits per heavy atom. The van der Waals surface area contributed by atoms with Crippen molar-refractivity contribution < 1.29 is 24.2 Å². The van der Waals surface area contributed by atoms with Crippen molar-refractivity contribution >= 4 is 34.0 Å². The van der Waals surface area contributed by atoms with Gasteiger partial charge in [0.05, 0.1) is 29.6 Å². The first-order valence-corrected chi connectivity index (χ1v) is 11.2. The van der Waals surface area contributed by atoms with Crippen molar-refractivity contribution in [3.8, 4) is 10.4 Å². The second-order valence-electron chi connectivity index (χ2n) is 8.22. The summed E-state index contributed by atoms with van der Waals surface area (Å²) in [6.07, 6.45) is 1.29. The second kappa shape index (κ2) is 9.24. The fraction of sp³-hybridized carbons (Fsp3) is 0.174. The normalized spacial score (nSPS) is 11.4. The highest BCUT2D eigenvalue weighted by atomic mass is 32.1. The molecule has 0 aliphatic carbocycles. The number of carboxylic acid groups (broad SMARTS) is 1. The Kier molecular flexibility index (Phi) is 6.33. The number of aromatic nitrogens is 4. The van der Waals surface area contributed by atoms with Crippen molar-refractivity contribution in [2.45, 2.75) is 26.0 Å². The molecule has 0 unspecified atom stereocenters. The van der Waals surface area contributed by atoms with Crippen LogP contribution in [0.3, 0.4) is 0 Å². The lowest BCUT2D eigenvalue weighted by Crippen LogP contribution is -2.15. The largest absolute Gasteiger partial charge is 0.476 e. The van der Waals surface area contributed by atoms with E-state index >= 15 is 0 Å². The van der Waals surface area contributed by atoms with E-state index in [9.17, 15) is 19.1 Å². The number of hydrogen-bond donors (Lipinski definition) is 4. The lowest BCUT2D eigenvalue weighted by molar-refractivity contribution is 0.0689. The highest BCUT2D eigenvalue weighted by Gasteiger charge is 2.21. The molecule has 1 amide bonds. The molecule has 12 heteroatoms. The van der Waals surface area contributed by atoms with Gasteiger partial charge in [0.15, 0.2) is 5.69 Å². The fourth-order valence-electron chi connectivity index (χ4n) is 3.29. The third-order valence-electron chi connectivity index (χ3n) is 5.07. The molecule has 0 bridgehead atoms. The quantitative estimate of drug-likeness (QED) is 0.289. The van der Waals surface area contributed by atoms with Crippen LogP contribution in [-0.2, 0) is 12.1 Å². The number of nitrogens with two attached hydrogens (primary N) is 1. The number of rotatable bonds is 8. The third kappa shape index (κ3) is 5.34. The first kappa shape index (κ1) is 24.0. The predicted molar refractivity (Wildman–Crippen MR) is 127 cm³/mol. The number of carboxylic acids is 1. The number of nitrogens with one attached hydrogen (secondary N) is 1. The Bertz CT molecular complexity index is 1430. The molecule has 35 heavy (non-hydrogen) atoms. The number of benzene rings is 1. The highest BCUT2D eigenvalue weighted by Crippen LogP contribution is 2.38. The van der Waals surface area contributed by atoms with Crippen molar-refractivity contribution in [2.75, 3.05) is 5.32 Å². The number of aromatic carboxylic acids is 1. The Morgan fingerprint density at radius 3 is 2.63 bits per heavy atom. The van der Waals surface area contributed by atoms with Crippen molar-refractivity contribution in [3.05, 3.63) is 77.0 Å². The maximum absolute atomic E-state index is 14.8. The van der Waals surface area contributed by atoms with Gasteiger partial charge in [-0.05, 0) is 43.7 Å². The van der Waals surface area contributed by atoms with Gasteiger partial charge in [-0.25, -0.2) is 18.9 Å². The van der Waals surface area contributed by atoms with E-state index in [4.69, 9.17) is 10.8 Å². The van der Waals surface area contributed by atoms with Crippen LogP contribution in [0.1, 0.15) is 46.0 Å². The Hall–Kier alpha value is -4.16. The topological polar surface area (TPSA) is 156 Å². The average Bonchev–Trinajstić information content (AvgIpc) is 3.41. The van der Waals surface area contributed by atoms with Gasteiger partial charge in [0.1, 0.15) is 16.6 Å². The van der Waals surface area contributed by atoms with E-state index in [1.807, 2.05) is 0 Å². The monoisotopic (exact) mass is 496 g/mol. The molecule has 0 fully saturated rings. The molecule has 10 nitrogen and oxygen atoms in total. The number of carbonyl (C=O) groups is 2. The van der Waals surface area contributed by atoms with Gasteiger partial charge in [0, 0.05) is 10.4 Å². The van der Waals surface area contributed by atoms with E-state index in [0.717, 1.165) is 11.3 Å². The molecule has 0 aliphatic rings. The van der Waals surface area contributed by atoms with Crippen molar-refractivity contribution in [3.63, 3.8) is 0 Å². The second-order valence-corrected chi connectivity index (χ2v) is 9.27. The van der Waals surface area contributed by atoms with Crippen LogP contribution in [0.15, 0.2) is 48.7 Å². The zero-order valence-electron chi connectivity index (χ0n) is 18.7. The van der Waals surface area contributed by atoms with Gasteiger partial charge in [-0.3, -0.25) is 4.79 Å². The van der Waals surface area contributed by atoms with Gasteiger partial charge in [-0.15, -0.1) is 16.4 Å². The van der Waals surface area contributed by atoms with Crippen LogP contribution in [-0.4, -0.2) is 42.1 Å². The lowest BCUT2D eigenvalue weighted by atomic mass is 9.96. The smallest absolute Gasteiger partial charge is 0.358 e. The summed E-state index contributed by atoms with van der Waals surface area (Å²) in [6.45, 7) is 3.30. The maximum atomic E-state index is 14.8. The van der Waals surface area contributed by atoms with Crippen LogP contribution < -0.4 is 11.1 Å². The molecule has 0 saturated carbocycles. The molecular formula is C23H21FN6O4S. The van der Waals surface area contributed by atoms with E-state index < -0.39 is 23.3 Å². The summed E-state index contributed by atoms with van der Waals surface area (Å²) in [5, 5.41) is 29.9. The van der Waals surface area contributed by atoms with Crippen molar-refractivity contribution in [1.29, 1.82) is 0 Å². The molecule has 4 rings (SSSR count). The number of aliphatic hydroxyl groups is 1. The molecule has 0 saturated heterocycles. The van der Waals surface area contributed by atoms with Crippen LogP contribution in [0.4, 0.5) is 15.2 Å². The van der Waals surface area contributed by atoms with E-state index in [0.29, 0.717) is 27.0 Å². The number of pyridine rings is 1. The van der Waals surface area contributed by atoms with E-state index in [2.05, 4.69) is 20.6 Å². The van der Waals surface area contributed by atoms with Crippen molar-refractivity contribution in [2.24, 2.45) is 5.73 Å². The Morgan fingerprint density at radius 2 is 2.00 bits per heavy atom. The molecule has 0 atom stereocenters. The summed E-state index contributed by atoms with van der Waals surface area (Å²) in [5.41, 5.74) is 5.59. The predicted octanol–water partition coefficient (Wildman–Crippen LogP) is 3.36. The summed E-state index contributed by atoms with van der Waals surface area (Å²) in [6, 6.07) is 11.1. The zero-order valence-corrected chi connectivity index (χ0v) is 19.5. The summed E-state index contributed by atoms with van der Waals surface area (Å²) in [4.78, 5) is 28.0. The van der Waals surface area contributed by atoms with Crippen LogP contribution in [0.25, 0.3) is 10.4 Å². The maximum Gasteiger partial charge on any atom is 0.358 e. The van der Waals surface area contributed by atoms with Gasteiger partial charge in [-0.1, -0.05) is 23.4 Å². The summed E-state index contributed by atoms with van der Waals surface area (Å²) in [5.74, 6) is -2.02. The lowest BCUT2D eigenvalue weighted by Gasteiger charge is -2.18. The number of amides is 1. The summed E-state index contributed by atoms with van der Waals surface area (Å²) < 4.78 is 16.2. The third-order valence-corrected chi connectivity index (χ3v) is 6.15. The summed E-state index contributed by atoms with van der Waals surface area (Å²) >= 11 is 1.13. The zero-order chi connectivity index (χ0) is 25.3. The molecule has 0 aliphatic heterocycles. The number of carbonyl (C=O) groups excluding carboxylic acids is 1. The van der Waals surface area contributed by atoms with Gasteiger partial charge in [0.25, 0.3) is 5.91 Å². The standard InChI is InChI=1S/C23H21FN6O4S/c1-23(2,34)12-6-7-14(16(24)8-12)18-9-15(20(25)31)21(35-18)27-19-5-3-4-13(26-19)10-30-11-17(22(32)33)28-29-30/h3-9,11,34H,10H2,1-2H3,(H2,25,31)(H,26,27)(H,32,33).